The van der Waals surface area contributed by atoms with Crippen molar-refractivity contribution in [3.63, 3.8) is 0 Å². The largest absolute Gasteiger partial charge is 0.507 e. The third-order valence-corrected chi connectivity index (χ3v) is 7.58. The fraction of sp³-hybridized carbons (Fsp3) is 0.414. The number of anilines is 1. The number of likely N-dealkylation sites (tertiary alicyclic amines) is 1. The third-order valence-electron chi connectivity index (χ3n) is 7.58. The predicted molar refractivity (Wildman–Crippen MR) is 149 cm³/mol. The molecule has 12 heteroatoms. The summed E-state index contributed by atoms with van der Waals surface area (Å²) in [6.07, 6.45) is 4.53. The number of carbonyl (C=O) groups excluding carboxylic acids is 2. The highest BCUT2D eigenvalue weighted by atomic mass is 19.1. The van der Waals surface area contributed by atoms with E-state index in [0.717, 1.165) is 25.5 Å². The Bertz CT molecular complexity index is 1500. The molecular formula is C29H32F2N6O4. The number of piperazine rings is 1. The van der Waals surface area contributed by atoms with Gasteiger partial charge >= 0.3 is 6.01 Å². The minimum Gasteiger partial charge on any atom is -0.507 e. The zero-order valence-electron chi connectivity index (χ0n) is 23.2. The molecule has 10 nitrogen and oxygen atoms in total. The van der Waals surface area contributed by atoms with Gasteiger partial charge in [0.05, 0.1) is 10.9 Å². The van der Waals surface area contributed by atoms with Crippen LogP contribution in [0.3, 0.4) is 0 Å². The van der Waals surface area contributed by atoms with Gasteiger partial charge in [-0.3, -0.25) is 9.59 Å². The van der Waals surface area contributed by atoms with Gasteiger partial charge in [0.15, 0.2) is 17.2 Å². The van der Waals surface area contributed by atoms with E-state index >= 15 is 4.39 Å². The Hall–Kier alpha value is -4.19. The number of ether oxygens (including phenoxy) is 1. The van der Waals surface area contributed by atoms with Gasteiger partial charge in [-0.25, -0.2) is 13.8 Å². The summed E-state index contributed by atoms with van der Waals surface area (Å²) in [7, 11) is 2.03. The lowest BCUT2D eigenvalue weighted by molar-refractivity contribution is -0.127. The molecule has 0 unspecified atom stereocenters. The smallest absolute Gasteiger partial charge is 0.320 e. The number of halogens is 2. The molecule has 216 valence electrons. The summed E-state index contributed by atoms with van der Waals surface area (Å²) in [6, 6.07) is 4.90. The molecule has 3 aromatic rings. The average Bonchev–Trinajstić information content (AvgIpc) is 3.35. The van der Waals surface area contributed by atoms with Crippen LogP contribution in [0.2, 0.25) is 0 Å². The number of phenols is 1. The molecule has 2 saturated heterocycles. The summed E-state index contributed by atoms with van der Waals surface area (Å²) in [5.41, 5.74) is -0.653. The molecule has 2 atom stereocenters. The van der Waals surface area contributed by atoms with Crippen LogP contribution in [-0.4, -0.2) is 93.5 Å². The van der Waals surface area contributed by atoms with Gasteiger partial charge in [-0.15, -0.1) is 0 Å². The van der Waals surface area contributed by atoms with Crippen molar-refractivity contribution in [1.82, 2.24) is 24.8 Å². The van der Waals surface area contributed by atoms with E-state index in [1.54, 1.807) is 4.90 Å². The number of pyridine rings is 1. The SMILES string of the molecule is CC(=O)/C=C/C(=O)N1CCN(c2nc(OC[C@@H]3CCCN3C)nc3nc(-c4c(O)cccc4F)c(F)cc23)[C@@H](C)C1. The number of carbonyl (C=O) groups is 2. The van der Waals surface area contributed by atoms with Gasteiger partial charge < -0.3 is 24.5 Å². The zero-order chi connectivity index (χ0) is 29.3. The Labute approximate surface area is 236 Å². The lowest BCUT2D eigenvalue weighted by Gasteiger charge is -2.40. The molecule has 2 aliphatic heterocycles. The molecule has 2 aromatic heterocycles. The van der Waals surface area contributed by atoms with Crippen molar-refractivity contribution in [2.75, 3.05) is 44.7 Å². The molecular weight excluding hydrogens is 534 g/mol. The molecule has 0 saturated carbocycles. The number of fused-ring (bicyclic) bond motifs is 1. The minimum absolute atomic E-state index is 0.0470. The second kappa shape index (κ2) is 11.7. The Morgan fingerprint density at radius 2 is 1.93 bits per heavy atom. The highest BCUT2D eigenvalue weighted by molar-refractivity contribution is 5.97. The first-order valence-electron chi connectivity index (χ1n) is 13.6. The van der Waals surface area contributed by atoms with Gasteiger partial charge in [0.1, 0.15) is 29.7 Å². The first-order chi connectivity index (χ1) is 19.6. The van der Waals surface area contributed by atoms with Crippen molar-refractivity contribution in [2.24, 2.45) is 0 Å². The summed E-state index contributed by atoms with van der Waals surface area (Å²) >= 11 is 0. The molecule has 0 spiro atoms. The molecule has 0 radical (unpaired) electrons. The summed E-state index contributed by atoms with van der Waals surface area (Å²) in [4.78, 5) is 43.0. The van der Waals surface area contributed by atoms with Crippen molar-refractivity contribution in [3.05, 3.63) is 48.1 Å². The van der Waals surface area contributed by atoms with E-state index in [0.29, 0.717) is 32.1 Å². The van der Waals surface area contributed by atoms with E-state index in [1.807, 2.05) is 18.9 Å². The van der Waals surface area contributed by atoms with E-state index in [1.165, 1.54) is 37.3 Å². The first-order valence-corrected chi connectivity index (χ1v) is 13.6. The molecule has 4 heterocycles. The van der Waals surface area contributed by atoms with E-state index < -0.39 is 17.4 Å². The van der Waals surface area contributed by atoms with Crippen LogP contribution < -0.4 is 9.64 Å². The van der Waals surface area contributed by atoms with Crippen molar-refractivity contribution >= 4 is 28.5 Å². The van der Waals surface area contributed by atoms with Crippen molar-refractivity contribution in [1.29, 1.82) is 0 Å². The number of aromatic hydroxyl groups is 1. The van der Waals surface area contributed by atoms with E-state index in [-0.39, 0.29) is 52.1 Å². The van der Waals surface area contributed by atoms with E-state index in [4.69, 9.17) is 4.74 Å². The van der Waals surface area contributed by atoms with Gasteiger partial charge in [-0.05, 0) is 64.6 Å². The fourth-order valence-electron chi connectivity index (χ4n) is 5.33. The van der Waals surface area contributed by atoms with Gasteiger partial charge in [-0.2, -0.15) is 9.97 Å². The molecule has 41 heavy (non-hydrogen) atoms. The van der Waals surface area contributed by atoms with Crippen LogP contribution in [0.4, 0.5) is 14.6 Å². The molecule has 5 rings (SSSR count). The maximum absolute atomic E-state index is 15.5. The van der Waals surface area contributed by atoms with Crippen molar-refractivity contribution < 1.29 is 28.2 Å². The lowest BCUT2D eigenvalue weighted by atomic mass is 10.1. The standard InChI is InChI=1S/C29H32F2N6O4/c1-17-15-36(24(40)10-9-18(2)38)12-13-37(17)28-20-14-22(31)26(25-21(30)7-4-8-23(25)39)32-27(20)33-29(34-28)41-16-19-6-5-11-35(19)3/h4,7-10,14,17,19,39H,5-6,11-13,15-16H2,1-3H3/b10-9+/t17-,19-/m0/s1. The zero-order valence-corrected chi connectivity index (χ0v) is 23.2. The third kappa shape index (κ3) is 5.97. The average molecular weight is 567 g/mol. The second-order valence-electron chi connectivity index (χ2n) is 10.5. The van der Waals surface area contributed by atoms with Crippen molar-refractivity contribution in [3.8, 4) is 23.0 Å². The van der Waals surface area contributed by atoms with Gasteiger partial charge in [0, 0.05) is 37.8 Å². The Kier molecular flexibility index (Phi) is 8.11. The number of nitrogens with zero attached hydrogens (tertiary/aromatic N) is 6. The maximum Gasteiger partial charge on any atom is 0.320 e. The number of likely N-dealkylation sites (N-methyl/N-ethyl adjacent to an activating group) is 1. The number of aromatic nitrogens is 3. The minimum atomic E-state index is -0.847. The first kappa shape index (κ1) is 28.3. The Morgan fingerprint density at radius 3 is 2.61 bits per heavy atom. The summed E-state index contributed by atoms with van der Waals surface area (Å²) < 4.78 is 36.2. The molecule has 0 bridgehead atoms. The molecule has 1 amide bonds. The number of hydrogen-bond acceptors (Lipinski definition) is 9. The van der Waals surface area contributed by atoms with Crippen LogP contribution >= 0.6 is 0 Å². The molecule has 2 aliphatic rings. The van der Waals surface area contributed by atoms with Crippen LogP contribution in [0.15, 0.2) is 36.4 Å². The number of allylic oxidation sites excluding steroid dienone is 1. The van der Waals surface area contributed by atoms with E-state index in [2.05, 4.69) is 19.9 Å². The quantitative estimate of drug-likeness (QED) is 0.431. The van der Waals surface area contributed by atoms with Crippen LogP contribution in [0.1, 0.15) is 26.7 Å². The topological polar surface area (TPSA) is 112 Å². The summed E-state index contributed by atoms with van der Waals surface area (Å²) in [5, 5.41) is 10.6. The summed E-state index contributed by atoms with van der Waals surface area (Å²) in [6.45, 7) is 5.66. The van der Waals surface area contributed by atoms with Crippen LogP contribution in [-0.2, 0) is 9.59 Å². The number of ketones is 1. The van der Waals surface area contributed by atoms with Crippen molar-refractivity contribution in [2.45, 2.75) is 38.8 Å². The van der Waals surface area contributed by atoms with Gasteiger partial charge in [-0.1, -0.05) is 6.07 Å². The molecule has 1 N–H and O–H groups in total. The number of rotatable bonds is 7. The molecule has 1 aromatic carbocycles. The molecule has 2 fully saturated rings. The number of phenolic OH excluding ortho intramolecular Hbond substituents is 1. The normalized spacial score (nSPS) is 19.8. The Morgan fingerprint density at radius 1 is 1.12 bits per heavy atom. The number of amides is 1. The monoisotopic (exact) mass is 566 g/mol. The van der Waals surface area contributed by atoms with Crippen LogP contribution in [0, 0.1) is 11.6 Å². The highest BCUT2D eigenvalue weighted by Gasteiger charge is 2.30. The van der Waals surface area contributed by atoms with Gasteiger partial charge in [0.2, 0.25) is 5.91 Å². The highest BCUT2D eigenvalue weighted by Crippen LogP contribution is 2.36. The summed E-state index contributed by atoms with van der Waals surface area (Å²) in [5.74, 6) is -2.23. The lowest BCUT2D eigenvalue weighted by Crippen LogP contribution is -2.53. The predicted octanol–water partition coefficient (Wildman–Crippen LogP) is 3.33. The number of hydrogen-bond donors (Lipinski definition) is 1. The molecule has 0 aliphatic carbocycles. The van der Waals surface area contributed by atoms with E-state index in [9.17, 15) is 19.1 Å². The van der Waals surface area contributed by atoms with Crippen LogP contribution in [0.5, 0.6) is 11.8 Å². The van der Waals surface area contributed by atoms with Crippen LogP contribution in [0.25, 0.3) is 22.3 Å². The van der Waals surface area contributed by atoms with Gasteiger partial charge in [0.25, 0.3) is 0 Å². The maximum atomic E-state index is 15.5. The Balaban J connectivity index is 1.53. The second-order valence-corrected chi connectivity index (χ2v) is 10.5. The fourth-order valence-corrected chi connectivity index (χ4v) is 5.33. The number of benzene rings is 1.